The van der Waals surface area contributed by atoms with E-state index in [1.54, 1.807) is 19.5 Å². The Morgan fingerprint density at radius 1 is 1.30 bits per heavy atom. The molecule has 2 aromatic heterocycles. The van der Waals surface area contributed by atoms with E-state index in [1.165, 1.54) is 11.1 Å². The molecule has 1 unspecified atom stereocenters. The fraction of sp³-hybridized carbons (Fsp3) is 0.400. The second-order valence-electron chi connectivity index (χ2n) is 8.10. The molecule has 0 aliphatic carbocycles. The third kappa shape index (κ3) is 6.02. The molecule has 5 nitrogen and oxygen atoms in total. The highest BCUT2D eigenvalue weighted by molar-refractivity contribution is 5.90. The Hall–Kier alpha value is -2.95. The van der Waals surface area contributed by atoms with Gasteiger partial charge in [-0.05, 0) is 68.7 Å². The number of ether oxygens (including phenoxy) is 1. The molecule has 5 heteroatoms. The van der Waals surface area contributed by atoms with Crippen LogP contribution in [0.5, 0.6) is 0 Å². The van der Waals surface area contributed by atoms with E-state index in [-0.39, 0.29) is 11.7 Å². The first-order valence-corrected chi connectivity index (χ1v) is 10.4. The van der Waals surface area contributed by atoms with Crippen molar-refractivity contribution in [1.82, 2.24) is 0 Å². The van der Waals surface area contributed by atoms with Crippen molar-refractivity contribution in [1.29, 1.82) is 0 Å². The van der Waals surface area contributed by atoms with Gasteiger partial charge >= 0.3 is 5.97 Å². The molecule has 1 aliphatic heterocycles. The highest BCUT2D eigenvalue weighted by Gasteiger charge is 2.31. The number of carbonyl (C=O) groups excluding carboxylic acids is 1. The van der Waals surface area contributed by atoms with Gasteiger partial charge in [0, 0.05) is 6.42 Å². The van der Waals surface area contributed by atoms with Crippen molar-refractivity contribution < 1.29 is 23.5 Å². The molecule has 30 heavy (non-hydrogen) atoms. The Kier molecular flexibility index (Phi) is 7.39. The lowest BCUT2D eigenvalue weighted by molar-refractivity contribution is -0.140. The van der Waals surface area contributed by atoms with Crippen LogP contribution in [0.2, 0.25) is 0 Å². The van der Waals surface area contributed by atoms with Crippen LogP contribution in [0.15, 0.2) is 74.9 Å². The van der Waals surface area contributed by atoms with Crippen molar-refractivity contribution in [3.05, 3.63) is 82.9 Å². The van der Waals surface area contributed by atoms with Gasteiger partial charge in [0.1, 0.15) is 11.5 Å². The molecular weight excluding hydrogens is 380 g/mol. The molecule has 0 saturated carbocycles. The maximum absolute atomic E-state index is 11.5. The molecule has 160 valence electrons. The molecule has 0 bridgehead atoms. The van der Waals surface area contributed by atoms with Crippen molar-refractivity contribution in [2.45, 2.75) is 59.0 Å². The summed E-state index contributed by atoms with van der Waals surface area (Å²) < 4.78 is 15.9. The first-order chi connectivity index (χ1) is 14.4. The highest BCUT2D eigenvalue weighted by Crippen LogP contribution is 2.25. The number of hydrogen-bond acceptors (Lipinski definition) is 5. The summed E-state index contributed by atoms with van der Waals surface area (Å²) in [7, 11) is 0. The summed E-state index contributed by atoms with van der Waals surface area (Å²) in [4.78, 5) is 11.5. The Balaban J connectivity index is 1.38. The number of carbonyl (C=O) groups is 1. The first kappa shape index (κ1) is 21.8. The number of hydrogen-bond donors (Lipinski definition) is 1. The SMILES string of the molecule is CC1=C(O)[C@@H](CC(C)/C=C/C=C(\C)CCCc2coc(Cc3ccoc3)c2)OC1=O. The van der Waals surface area contributed by atoms with E-state index >= 15 is 0 Å². The number of cyclic esters (lactones) is 1. The van der Waals surface area contributed by atoms with Crippen LogP contribution in [0.25, 0.3) is 0 Å². The Bertz CT molecular complexity index is 927. The van der Waals surface area contributed by atoms with Crippen LogP contribution in [0, 0.1) is 5.92 Å². The van der Waals surface area contributed by atoms with Gasteiger partial charge in [-0.25, -0.2) is 4.79 Å². The van der Waals surface area contributed by atoms with Gasteiger partial charge in [-0.3, -0.25) is 0 Å². The molecule has 0 fully saturated rings. The molecule has 0 saturated heterocycles. The maximum atomic E-state index is 11.5. The van der Waals surface area contributed by atoms with Crippen LogP contribution in [0.3, 0.4) is 0 Å². The zero-order valence-electron chi connectivity index (χ0n) is 17.9. The molecule has 2 aromatic rings. The maximum Gasteiger partial charge on any atom is 0.337 e. The monoisotopic (exact) mass is 410 g/mol. The fourth-order valence-corrected chi connectivity index (χ4v) is 3.50. The van der Waals surface area contributed by atoms with Gasteiger partial charge in [0.2, 0.25) is 0 Å². The predicted molar refractivity (Wildman–Crippen MR) is 115 cm³/mol. The summed E-state index contributed by atoms with van der Waals surface area (Å²) in [6, 6.07) is 4.07. The van der Waals surface area contributed by atoms with E-state index < -0.39 is 12.1 Å². The molecule has 2 atom stereocenters. The lowest BCUT2D eigenvalue weighted by Gasteiger charge is -2.13. The summed E-state index contributed by atoms with van der Waals surface area (Å²) in [5, 5.41) is 9.93. The van der Waals surface area contributed by atoms with E-state index in [0.29, 0.717) is 12.0 Å². The Morgan fingerprint density at radius 3 is 2.83 bits per heavy atom. The van der Waals surface area contributed by atoms with Gasteiger partial charge in [-0.2, -0.15) is 0 Å². The standard InChI is InChI=1S/C25H30O5/c1-17(6-4-8-18(2)12-23-24(26)19(3)25(27)30-23)7-5-9-20-13-22(29-16-20)14-21-10-11-28-15-21/h4,6,8,10-11,13,15-16,18,23,26H,5,7,9,12,14H2,1-3H3/b8-4+,17-6+/t18?,23-/m1/s1. The van der Waals surface area contributed by atoms with E-state index in [1.807, 2.05) is 18.4 Å². The van der Waals surface area contributed by atoms with Crippen LogP contribution >= 0.6 is 0 Å². The van der Waals surface area contributed by atoms with Crippen molar-refractivity contribution in [2.24, 2.45) is 5.92 Å². The van der Waals surface area contributed by atoms with Crippen LogP contribution in [0.1, 0.15) is 56.9 Å². The minimum Gasteiger partial charge on any atom is -0.508 e. The molecular formula is C25H30O5. The van der Waals surface area contributed by atoms with Crippen molar-refractivity contribution in [3.63, 3.8) is 0 Å². The summed E-state index contributed by atoms with van der Waals surface area (Å²) in [6.07, 6.45) is 15.4. The van der Waals surface area contributed by atoms with Gasteiger partial charge in [-0.1, -0.05) is 30.7 Å². The van der Waals surface area contributed by atoms with Crippen LogP contribution in [0.4, 0.5) is 0 Å². The number of rotatable bonds is 10. The molecule has 3 rings (SSSR count). The number of esters is 1. The van der Waals surface area contributed by atoms with Gasteiger partial charge < -0.3 is 18.7 Å². The molecule has 0 radical (unpaired) electrons. The molecule has 0 amide bonds. The van der Waals surface area contributed by atoms with Gasteiger partial charge in [-0.15, -0.1) is 0 Å². The minimum atomic E-state index is -0.518. The molecule has 0 spiro atoms. The third-order valence-corrected chi connectivity index (χ3v) is 5.35. The zero-order chi connectivity index (χ0) is 21.5. The van der Waals surface area contributed by atoms with Crippen LogP contribution in [-0.2, 0) is 22.4 Å². The largest absolute Gasteiger partial charge is 0.508 e. The summed E-state index contributed by atoms with van der Waals surface area (Å²) in [5.74, 6) is 0.800. The van der Waals surface area contributed by atoms with Crippen molar-refractivity contribution in [3.8, 4) is 0 Å². The summed E-state index contributed by atoms with van der Waals surface area (Å²) >= 11 is 0. The van der Waals surface area contributed by atoms with Gasteiger partial charge in [0.15, 0.2) is 6.10 Å². The molecule has 3 heterocycles. The smallest absolute Gasteiger partial charge is 0.337 e. The number of aliphatic hydroxyl groups excluding tert-OH is 1. The second kappa shape index (κ2) is 10.2. The Morgan fingerprint density at radius 2 is 2.13 bits per heavy atom. The van der Waals surface area contributed by atoms with E-state index in [2.05, 4.69) is 32.1 Å². The molecule has 1 aliphatic rings. The molecule has 0 aromatic carbocycles. The van der Waals surface area contributed by atoms with E-state index in [9.17, 15) is 9.90 Å². The lowest BCUT2D eigenvalue weighted by Crippen LogP contribution is -2.14. The Labute approximate surface area is 177 Å². The highest BCUT2D eigenvalue weighted by atomic mass is 16.6. The summed E-state index contributed by atoms with van der Waals surface area (Å²) in [5.41, 5.74) is 3.97. The number of allylic oxidation sites excluding steroid dienone is 4. The number of aryl methyl sites for hydroxylation is 1. The van der Waals surface area contributed by atoms with E-state index in [0.717, 1.165) is 37.0 Å². The predicted octanol–water partition coefficient (Wildman–Crippen LogP) is 6.07. The van der Waals surface area contributed by atoms with Crippen LogP contribution in [-0.4, -0.2) is 17.2 Å². The topological polar surface area (TPSA) is 72.8 Å². The van der Waals surface area contributed by atoms with Gasteiger partial charge in [0.05, 0.1) is 24.4 Å². The summed E-state index contributed by atoms with van der Waals surface area (Å²) in [6.45, 7) is 5.77. The zero-order valence-corrected chi connectivity index (χ0v) is 17.9. The second-order valence-corrected chi connectivity index (χ2v) is 8.10. The normalized spacial score (nSPS) is 18.4. The lowest BCUT2D eigenvalue weighted by atomic mass is 10.0. The first-order valence-electron chi connectivity index (χ1n) is 10.4. The van der Waals surface area contributed by atoms with Crippen molar-refractivity contribution >= 4 is 5.97 Å². The average Bonchev–Trinajstić information content (AvgIpc) is 3.43. The van der Waals surface area contributed by atoms with Gasteiger partial charge in [0.25, 0.3) is 0 Å². The van der Waals surface area contributed by atoms with E-state index in [4.69, 9.17) is 13.6 Å². The average molecular weight is 411 g/mol. The number of aliphatic hydroxyl groups is 1. The van der Waals surface area contributed by atoms with Crippen LogP contribution < -0.4 is 0 Å². The number of furan rings is 2. The minimum absolute atomic E-state index is 0.0687. The molecule has 1 N–H and O–H groups in total. The fourth-order valence-electron chi connectivity index (χ4n) is 3.50. The quantitative estimate of drug-likeness (QED) is 0.380. The van der Waals surface area contributed by atoms with Crippen molar-refractivity contribution in [2.75, 3.05) is 0 Å². The third-order valence-electron chi connectivity index (χ3n) is 5.35.